The maximum atomic E-state index is 12.4. The van der Waals surface area contributed by atoms with Crippen LogP contribution in [0.15, 0.2) is 18.2 Å². The number of benzene rings is 1. The molecule has 3 rings (SSSR count). The molecule has 1 aliphatic carbocycles. The van der Waals surface area contributed by atoms with E-state index in [1.807, 2.05) is 25.1 Å². The number of rotatable bonds is 3. The van der Waals surface area contributed by atoms with Gasteiger partial charge in [-0.25, -0.2) is 0 Å². The molecule has 24 heavy (non-hydrogen) atoms. The van der Waals surface area contributed by atoms with Gasteiger partial charge in [0.15, 0.2) is 0 Å². The van der Waals surface area contributed by atoms with Crippen LogP contribution in [0.4, 0.5) is 11.4 Å². The van der Waals surface area contributed by atoms with Gasteiger partial charge in [0.1, 0.15) is 0 Å². The summed E-state index contributed by atoms with van der Waals surface area (Å²) >= 11 is 0. The normalized spacial score (nSPS) is 26.2. The van der Waals surface area contributed by atoms with Gasteiger partial charge in [0.25, 0.3) is 0 Å². The molecule has 1 heterocycles. The Kier molecular flexibility index (Phi) is 4.30. The fourth-order valence-electron chi connectivity index (χ4n) is 3.70. The molecule has 128 valence electrons. The van der Waals surface area contributed by atoms with Crippen molar-refractivity contribution < 1.29 is 14.4 Å². The van der Waals surface area contributed by atoms with Crippen LogP contribution in [0.3, 0.4) is 0 Å². The largest absolute Gasteiger partial charge is 0.369 e. The molecule has 0 bridgehead atoms. The number of nitrogens with one attached hydrogen (secondary N) is 1. The Hall–Kier alpha value is -2.37. The molecule has 0 spiro atoms. The highest BCUT2D eigenvalue weighted by Crippen LogP contribution is 2.37. The van der Waals surface area contributed by atoms with Crippen molar-refractivity contribution in [3.63, 3.8) is 0 Å². The van der Waals surface area contributed by atoms with E-state index in [1.54, 1.807) is 11.9 Å². The van der Waals surface area contributed by atoms with Crippen molar-refractivity contribution in [1.82, 2.24) is 0 Å². The summed E-state index contributed by atoms with van der Waals surface area (Å²) in [5, 5.41) is 2.95. The van der Waals surface area contributed by atoms with E-state index >= 15 is 0 Å². The first-order valence-corrected chi connectivity index (χ1v) is 8.37. The van der Waals surface area contributed by atoms with Crippen LogP contribution in [0.25, 0.3) is 0 Å². The summed E-state index contributed by atoms with van der Waals surface area (Å²) in [5.74, 6) is -0.502. The van der Waals surface area contributed by atoms with Crippen molar-refractivity contribution in [1.29, 1.82) is 0 Å². The molecule has 3 N–H and O–H groups in total. The number of hydrogen-bond acceptors (Lipinski definition) is 3. The Morgan fingerprint density at radius 1 is 1.25 bits per heavy atom. The third kappa shape index (κ3) is 3.00. The molecule has 3 amide bonds. The summed E-state index contributed by atoms with van der Waals surface area (Å²) in [6.07, 6.45) is 2.38. The average Bonchev–Trinajstić information content (AvgIpc) is 3.03. The summed E-state index contributed by atoms with van der Waals surface area (Å²) < 4.78 is 0. The zero-order valence-corrected chi connectivity index (χ0v) is 14.0. The van der Waals surface area contributed by atoms with Crippen molar-refractivity contribution in [2.24, 2.45) is 17.6 Å². The van der Waals surface area contributed by atoms with Gasteiger partial charge in [0, 0.05) is 36.7 Å². The van der Waals surface area contributed by atoms with Gasteiger partial charge < -0.3 is 16.0 Å². The second kappa shape index (κ2) is 6.26. The van der Waals surface area contributed by atoms with Gasteiger partial charge in [-0.3, -0.25) is 14.4 Å². The summed E-state index contributed by atoms with van der Waals surface area (Å²) in [6.45, 7) is 2.02. The summed E-state index contributed by atoms with van der Waals surface area (Å²) in [7, 11) is 1.77. The summed E-state index contributed by atoms with van der Waals surface area (Å²) in [5.41, 5.74) is 8.02. The lowest BCUT2D eigenvalue weighted by atomic mass is 9.91. The highest BCUT2D eigenvalue weighted by atomic mass is 16.2. The first kappa shape index (κ1) is 16.5. The van der Waals surface area contributed by atoms with Crippen molar-refractivity contribution in [2.75, 3.05) is 17.3 Å². The Morgan fingerprint density at radius 3 is 2.62 bits per heavy atom. The van der Waals surface area contributed by atoms with Crippen LogP contribution in [-0.4, -0.2) is 24.8 Å². The molecule has 1 aliphatic heterocycles. The van der Waals surface area contributed by atoms with E-state index in [2.05, 4.69) is 5.32 Å². The van der Waals surface area contributed by atoms with E-state index in [4.69, 9.17) is 5.73 Å². The topological polar surface area (TPSA) is 92.5 Å². The molecule has 1 unspecified atom stereocenters. The van der Waals surface area contributed by atoms with Crippen molar-refractivity contribution in [3.05, 3.63) is 23.8 Å². The quantitative estimate of drug-likeness (QED) is 0.888. The Balaban J connectivity index is 1.73. The number of anilines is 2. The average molecular weight is 329 g/mol. The lowest BCUT2D eigenvalue weighted by Crippen LogP contribution is -2.32. The van der Waals surface area contributed by atoms with Crippen molar-refractivity contribution >= 4 is 29.1 Å². The number of carbonyl (C=O) groups excluding carboxylic acids is 3. The van der Waals surface area contributed by atoms with E-state index in [9.17, 15) is 14.4 Å². The Bertz CT molecular complexity index is 701. The SMILES string of the molecule is CC1CC(=O)N(C)c2ccc(NC(=O)[C@@H]3CC[C@H](C(N)=O)C3)cc21. The van der Waals surface area contributed by atoms with Crippen LogP contribution in [0.1, 0.15) is 44.1 Å². The van der Waals surface area contributed by atoms with Crippen LogP contribution < -0.4 is 16.0 Å². The molecule has 1 fully saturated rings. The van der Waals surface area contributed by atoms with Crippen LogP contribution in [0, 0.1) is 11.8 Å². The minimum atomic E-state index is -0.319. The Morgan fingerprint density at radius 2 is 1.96 bits per heavy atom. The van der Waals surface area contributed by atoms with Crippen LogP contribution in [0.5, 0.6) is 0 Å². The summed E-state index contributed by atoms with van der Waals surface area (Å²) in [4.78, 5) is 37.2. The van der Waals surface area contributed by atoms with Gasteiger partial charge >= 0.3 is 0 Å². The van der Waals surface area contributed by atoms with Crippen LogP contribution >= 0.6 is 0 Å². The lowest BCUT2D eigenvalue weighted by Gasteiger charge is -2.30. The number of amides is 3. The zero-order valence-electron chi connectivity index (χ0n) is 14.0. The third-order valence-corrected chi connectivity index (χ3v) is 5.25. The number of fused-ring (bicyclic) bond motifs is 1. The maximum absolute atomic E-state index is 12.4. The number of primary amides is 1. The van der Waals surface area contributed by atoms with E-state index in [-0.39, 0.29) is 35.5 Å². The second-order valence-electron chi connectivity index (χ2n) is 6.93. The molecule has 0 saturated heterocycles. The number of nitrogens with zero attached hydrogens (tertiary/aromatic N) is 1. The van der Waals surface area contributed by atoms with Gasteiger partial charge in [-0.15, -0.1) is 0 Å². The fourth-order valence-corrected chi connectivity index (χ4v) is 3.70. The molecule has 6 nitrogen and oxygen atoms in total. The molecule has 2 aliphatic rings. The molecule has 0 radical (unpaired) electrons. The minimum absolute atomic E-state index is 0.0633. The van der Waals surface area contributed by atoms with E-state index in [1.165, 1.54) is 0 Å². The molecule has 1 aromatic rings. The van der Waals surface area contributed by atoms with Gasteiger partial charge in [-0.1, -0.05) is 6.92 Å². The Labute approximate surface area is 141 Å². The highest BCUT2D eigenvalue weighted by Gasteiger charge is 2.33. The van der Waals surface area contributed by atoms with Crippen molar-refractivity contribution in [2.45, 2.75) is 38.5 Å². The van der Waals surface area contributed by atoms with E-state index in [0.29, 0.717) is 25.7 Å². The lowest BCUT2D eigenvalue weighted by molar-refractivity contribution is -0.122. The predicted octanol–water partition coefficient (Wildman–Crippen LogP) is 2.00. The van der Waals surface area contributed by atoms with E-state index in [0.717, 1.165) is 16.9 Å². The number of nitrogens with two attached hydrogens (primary N) is 1. The van der Waals surface area contributed by atoms with Crippen LogP contribution in [-0.2, 0) is 14.4 Å². The second-order valence-corrected chi connectivity index (χ2v) is 6.93. The fraction of sp³-hybridized carbons (Fsp3) is 0.500. The highest BCUT2D eigenvalue weighted by molar-refractivity contribution is 5.98. The molecule has 6 heteroatoms. The third-order valence-electron chi connectivity index (χ3n) is 5.25. The maximum Gasteiger partial charge on any atom is 0.227 e. The van der Waals surface area contributed by atoms with Gasteiger partial charge in [0.05, 0.1) is 0 Å². The smallest absolute Gasteiger partial charge is 0.227 e. The van der Waals surface area contributed by atoms with Crippen LogP contribution in [0.2, 0.25) is 0 Å². The molecular weight excluding hydrogens is 306 g/mol. The van der Waals surface area contributed by atoms with E-state index < -0.39 is 0 Å². The standard InChI is InChI=1S/C18H23N3O3/c1-10-7-16(22)21(2)15-6-5-13(9-14(10)15)20-18(24)12-4-3-11(8-12)17(19)23/h5-6,9-12H,3-4,7-8H2,1-2H3,(H2,19,23)(H,20,24)/t10?,11-,12+/m0/s1. The van der Waals surface area contributed by atoms with Gasteiger partial charge in [0.2, 0.25) is 17.7 Å². The first-order chi connectivity index (χ1) is 11.4. The minimum Gasteiger partial charge on any atom is -0.369 e. The molecular formula is C18H23N3O3. The van der Waals surface area contributed by atoms with Crippen molar-refractivity contribution in [3.8, 4) is 0 Å². The van der Waals surface area contributed by atoms with Gasteiger partial charge in [-0.05, 0) is 48.9 Å². The predicted molar refractivity (Wildman–Crippen MR) is 91.5 cm³/mol. The monoisotopic (exact) mass is 329 g/mol. The number of carbonyl (C=O) groups is 3. The molecule has 1 saturated carbocycles. The summed E-state index contributed by atoms with van der Waals surface area (Å²) in [6, 6.07) is 5.64. The molecule has 0 aromatic heterocycles. The first-order valence-electron chi connectivity index (χ1n) is 8.37. The van der Waals surface area contributed by atoms with Gasteiger partial charge in [-0.2, -0.15) is 0 Å². The number of hydrogen-bond donors (Lipinski definition) is 2. The molecule has 3 atom stereocenters. The molecule has 1 aromatic carbocycles. The zero-order chi connectivity index (χ0) is 17.4.